The summed E-state index contributed by atoms with van der Waals surface area (Å²) in [7, 11) is 0. The van der Waals surface area contributed by atoms with E-state index in [9.17, 15) is 14.4 Å². The number of amides is 3. The maximum Gasteiger partial charge on any atom is 0.263 e. The lowest BCUT2D eigenvalue weighted by Crippen LogP contribution is -2.43. The number of benzene rings is 2. The fourth-order valence-electron chi connectivity index (χ4n) is 3.69. The number of hydrogen-bond donors (Lipinski definition) is 1. The Morgan fingerprint density at radius 3 is 2.50 bits per heavy atom. The van der Waals surface area contributed by atoms with Crippen molar-refractivity contribution in [1.82, 2.24) is 5.01 Å². The minimum Gasteiger partial charge on any atom is -0.324 e. The summed E-state index contributed by atoms with van der Waals surface area (Å²) in [4.78, 5) is 39.4. The van der Waals surface area contributed by atoms with E-state index in [-0.39, 0.29) is 12.5 Å². The van der Waals surface area contributed by atoms with Crippen LogP contribution in [0.2, 0.25) is 0 Å². The van der Waals surface area contributed by atoms with Crippen LogP contribution in [0.5, 0.6) is 0 Å². The first-order valence-electron chi connectivity index (χ1n) is 9.87. The van der Waals surface area contributed by atoms with Crippen LogP contribution in [0.4, 0.5) is 11.4 Å². The van der Waals surface area contributed by atoms with E-state index < -0.39 is 23.9 Å². The van der Waals surface area contributed by atoms with Crippen LogP contribution in [0.3, 0.4) is 0 Å². The highest BCUT2D eigenvalue weighted by molar-refractivity contribution is 6.25. The summed E-state index contributed by atoms with van der Waals surface area (Å²) in [5.74, 6) is -0.830. The van der Waals surface area contributed by atoms with Gasteiger partial charge in [-0.3, -0.25) is 19.4 Å². The molecule has 0 unspecified atom stereocenters. The van der Waals surface area contributed by atoms with E-state index in [0.29, 0.717) is 17.3 Å². The molecule has 1 N–H and O–H groups in total. The number of hydrogen-bond acceptors (Lipinski definition) is 6. The zero-order valence-corrected chi connectivity index (χ0v) is 17.1. The quantitative estimate of drug-likeness (QED) is 0.774. The number of carbonyl (C=O) groups excluding carboxylic acids is 3. The van der Waals surface area contributed by atoms with Crippen LogP contribution < -0.4 is 10.2 Å². The minimum absolute atomic E-state index is 0.169. The summed E-state index contributed by atoms with van der Waals surface area (Å²) >= 11 is 0. The highest BCUT2D eigenvalue weighted by Gasteiger charge is 2.55. The maximum atomic E-state index is 13.0. The van der Waals surface area contributed by atoms with Gasteiger partial charge in [0.05, 0.1) is 5.69 Å². The van der Waals surface area contributed by atoms with Gasteiger partial charge in [0.2, 0.25) is 5.91 Å². The van der Waals surface area contributed by atoms with Gasteiger partial charge in [0, 0.05) is 5.69 Å². The van der Waals surface area contributed by atoms with Crippen molar-refractivity contribution in [2.45, 2.75) is 38.8 Å². The average Bonchev–Trinajstić information content (AvgIpc) is 3.21. The molecule has 1 fully saturated rings. The van der Waals surface area contributed by atoms with Crippen LogP contribution in [0.1, 0.15) is 30.9 Å². The third-order valence-corrected chi connectivity index (χ3v) is 5.28. The van der Waals surface area contributed by atoms with Gasteiger partial charge in [0.1, 0.15) is 6.54 Å². The molecule has 8 heteroatoms. The smallest absolute Gasteiger partial charge is 0.263 e. The number of imide groups is 1. The van der Waals surface area contributed by atoms with Crippen molar-refractivity contribution >= 4 is 29.1 Å². The Hall–Kier alpha value is -3.55. The number of nitrogens with zero attached hydrogens (tertiary/aromatic N) is 4. The predicted octanol–water partition coefficient (Wildman–Crippen LogP) is 3.05. The van der Waals surface area contributed by atoms with E-state index in [1.165, 1.54) is 5.01 Å². The highest BCUT2D eigenvalue weighted by Crippen LogP contribution is 2.32. The van der Waals surface area contributed by atoms with E-state index in [0.717, 1.165) is 16.0 Å². The molecule has 0 spiro atoms. The van der Waals surface area contributed by atoms with Crippen molar-refractivity contribution in [3.8, 4) is 0 Å². The number of rotatable bonds is 5. The highest BCUT2D eigenvalue weighted by atomic mass is 16.2. The molecule has 0 radical (unpaired) electrons. The molecule has 2 heterocycles. The molecular formula is C22H23N5O3. The first-order chi connectivity index (χ1) is 14.3. The molecule has 2 atom stereocenters. The largest absolute Gasteiger partial charge is 0.324 e. The Morgan fingerprint density at radius 2 is 1.83 bits per heavy atom. The molecule has 0 bridgehead atoms. The first-order valence-corrected chi connectivity index (χ1v) is 9.87. The predicted molar refractivity (Wildman–Crippen MR) is 112 cm³/mol. The zero-order chi connectivity index (χ0) is 21.4. The lowest BCUT2D eigenvalue weighted by Gasteiger charge is -2.20. The van der Waals surface area contributed by atoms with Crippen LogP contribution in [0.25, 0.3) is 0 Å². The zero-order valence-electron chi connectivity index (χ0n) is 17.1. The molecule has 1 saturated heterocycles. The average molecular weight is 405 g/mol. The van der Waals surface area contributed by atoms with Gasteiger partial charge in [-0.05, 0) is 48.2 Å². The van der Waals surface area contributed by atoms with Crippen molar-refractivity contribution in [3.63, 3.8) is 0 Å². The molecule has 2 aliphatic rings. The Labute approximate surface area is 174 Å². The van der Waals surface area contributed by atoms with Gasteiger partial charge in [0.25, 0.3) is 11.8 Å². The summed E-state index contributed by atoms with van der Waals surface area (Å²) in [6.07, 6.45) is 0. The van der Waals surface area contributed by atoms with E-state index in [1.807, 2.05) is 37.3 Å². The van der Waals surface area contributed by atoms with E-state index in [4.69, 9.17) is 0 Å². The van der Waals surface area contributed by atoms with Crippen LogP contribution in [0, 0.1) is 6.92 Å². The van der Waals surface area contributed by atoms with Gasteiger partial charge in [0.15, 0.2) is 12.1 Å². The molecule has 0 saturated carbocycles. The summed E-state index contributed by atoms with van der Waals surface area (Å²) < 4.78 is 0. The maximum absolute atomic E-state index is 13.0. The van der Waals surface area contributed by atoms with Crippen LogP contribution in [-0.2, 0) is 14.4 Å². The molecular weight excluding hydrogens is 382 g/mol. The standard InChI is InChI=1S/C22H23N5O3/c1-13(2)15-7-9-17(10-8-15)27-21(29)19-20(22(27)30)26(25-24-19)12-18(28)23-16-6-4-5-14(3)11-16/h4-11,13,19-20H,12H2,1-3H3,(H,23,28)/t19-,20+/m0/s1. The van der Waals surface area contributed by atoms with Gasteiger partial charge in [-0.2, -0.15) is 5.11 Å². The topological polar surface area (TPSA) is 94.4 Å². The monoisotopic (exact) mass is 405 g/mol. The summed E-state index contributed by atoms with van der Waals surface area (Å²) in [6.45, 7) is 5.91. The minimum atomic E-state index is -0.922. The molecule has 2 aromatic rings. The number of aryl methyl sites for hydroxylation is 1. The van der Waals surface area contributed by atoms with Crippen LogP contribution >= 0.6 is 0 Å². The van der Waals surface area contributed by atoms with Gasteiger partial charge in [-0.1, -0.05) is 43.3 Å². The number of anilines is 2. The Kier molecular flexibility index (Phi) is 5.07. The molecule has 2 aromatic carbocycles. The lowest BCUT2D eigenvalue weighted by atomic mass is 10.0. The van der Waals surface area contributed by atoms with E-state index in [2.05, 4.69) is 29.5 Å². The first kappa shape index (κ1) is 19.8. The Bertz CT molecular complexity index is 1030. The van der Waals surface area contributed by atoms with Crippen molar-refractivity contribution in [1.29, 1.82) is 0 Å². The van der Waals surface area contributed by atoms with Crippen LogP contribution in [-0.4, -0.2) is 41.4 Å². The normalized spacial score (nSPS) is 20.3. The Morgan fingerprint density at radius 1 is 1.10 bits per heavy atom. The third-order valence-electron chi connectivity index (χ3n) is 5.28. The van der Waals surface area contributed by atoms with Gasteiger partial charge >= 0.3 is 0 Å². The van der Waals surface area contributed by atoms with Crippen molar-refractivity contribution < 1.29 is 14.4 Å². The van der Waals surface area contributed by atoms with Gasteiger partial charge < -0.3 is 5.32 Å². The number of nitrogens with one attached hydrogen (secondary N) is 1. The lowest BCUT2D eigenvalue weighted by molar-refractivity contribution is -0.123. The SMILES string of the molecule is Cc1cccc(NC(=O)CN2N=N[C@@H]3C(=O)N(c4ccc(C(C)C)cc4)C(=O)[C@@H]32)c1. The third kappa shape index (κ3) is 3.56. The summed E-state index contributed by atoms with van der Waals surface area (Å²) in [6, 6.07) is 12.9. The molecule has 2 aliphatic heterocycles. The number of carbonyl (C=O) groups is 3. The molecule has 0 aromatic heterocycles. The summed E-state index contributed by atoms with van der Waals surface area (Å²) in [5.41, 5.74) is 3.30. The molecule has 30 heavy (non-hydrogen) atoms. The fourth-order valence-corrected chi connectivity index (χ4v) is 3.69. The molecule has 0 aliphatic carbocycles. The second-order valence-electron chi connectivity index (χ2n) is 7.87. The second kappa shape index (κ2) is 7.70. The van der Waals surface area contributed by atoms with Crippen LogP contribution in [0.15, 0.2) is 58.9 Å². The molecule has 154 valence electrons. The van der Waals surface area contributed by atoms with E-state index >= 15 is 0 Å². The van der Waals surface area contributed by atoms with Crippen molar-refractivity contribution in [2.24, 2.45) is 10.3 Å². The van der Waals surface area contributed by atoms with Crippen molar-refractivity contribution in [3.05, 3.63) is 59.7 Å². The Balaban J connectivity index is 1.48. The molecule has 8 nitrogen and oxygen atoms in total. The molecule has 4 rings (SSSR count). The summed E-state index contributed by atoms with van der Waals surface area (Å²) in [5, 5.41) is 12.0. The molecule has 3 amide bonds. The number of fused-ring (bicyclic) bond motifs is 1. The van der Waals surface area contributed by atoms with E-state index in [1.54, 1.807) is 18.2 Å². The van der Waals surface area contributed by atoms with Crippen molar-refractivity contribution in [2.75, 3.05) is 16.8 Å². The van der Waals surface area contributed by atoms with Gasteiger partial charge in [-0.15, -0.1) is 0 Å². The second-order valence-corrected chi connectivity index (χ2v) is 7.87. The van der Waals surface area contributed by atoms with Gasteiger partial charge in [-0.25, -0.2) is 4.90 Å². The fraction of sp³-hybridized carbons (Fsp3) is 0.318.